The van der Waals surface area contributed by atoms with Gasteiger partial charge < -0.3 is 24.7 Å². The number of ether oxygens (including phenoxy) is 2. The number of anilines is 2. The summed E-state index contributed by atoms with van der Waals surface area (Å²) >= 11 is 0. The van der Waals surface area contributed by atoms with E-state index in [0.29, 0.717) is 18.2 Å². The van der Waals surface area contributed by atoms with Crippen LogP contribution in [0.2, 0.25) is 0 Å². The van der Waals surface area contributed by atoms with Gasteiger partial charge in [-0.15, -0.1) is 0 Å². The second-order valence-corrected chi connectivity index (χ2v) is 9.10. The van der Waals surface area contributed by atoms with Crippen LogP contribution in [0.4, 0.5) is 16.4 Å². The molecule has 0 aromatic carbocycles. The standard InChI is InChI=1S/C22H29N7O3/c1-22(7-8-22)26-21(30)32-14-5-4-13(10-14)15-11-17(28-27-15)24-20-19-16(6-9-23-20)29(2)18(25-19)12-31-3/h6,9,11,13-14H,4-5,7-8,10,12H2,1-3H3,(H,26,30)(H2,23,24,27,28). The van der Waals surface area contributed by atoms with Crippen molar-refractivity contribution >= 4 is 28.8 Å². The van der Waals surface area contributed by atoms with Crippen LogP contribution in [0.3, 0.4) is 0 Å². The summed E-state index contributed by atoms with van der Waals surface area (Å²) in [6, 6.07) is 3.93. The lowest BCUT2D eigenvalue weighted by molar-refractivity contribution is 0.0967. The number of methoxy groups -OCH3 is 1. The van der Waals surface area contributed by atoms with E-state index < -0.39 is 0 Å². The van der Waals surface area contributed by atoms with E-state index in [1.165, 1.54) is 0 Å². The van der Waals surface area contributed by atoms with Crippen molar-refractivity contribution in [1.29, 1.82) is 0 Å². The van der Waals surface area contributed by atoms with Crippen molar-refractivity contribution in [3.8, 4) is 0 Å². The summed E-state index contributed by atoms with van der Waals surface area (Å²) in [6.07, 6.45) is 6.03. The number of fused-ring (bicyclic) bond motifs is 1. The molecule has 32 heavy (non-hydrogen) atoms. The van der Waals surface area contributed by atoms with E-state index in [1.807, 2.05) is 30.7 Å². The zero-order valence-corrected chi connectivity index (χ0v) is 18.6. The number of imidazole rings is 1. The average molecular weight is 440 g/mol. The predicted molar refractivity (Wildman–Crippen MR) is 119 cm³/mol. The number of H-pyrrole nitrogens is 1. The number of pyridine rings is 1. The first-order valence-electron chi connectivity index (χ1n) is 11.0. The van der Waals surface area contributed by atoms with Gasteiger partial charge in [-0.2, -0.15) is 5.10 Å². The smallest absolute Gasteiger partial charge is 0.407 e. The highest BCUT2D eigenvalue weighted by Crippen LogP contribution is 2.37. The van der Waals surface area contributed by atoms with Gasteiger partial charge in [-0.25, -0.2) is 14.8 Å². The van der Waals surface area contributed by atoms with Crippen LogP contribution in [0.25, 0.3) is 11.0 Å². The fraction of sp³-hybridized carbons (Fsp3) is 0.545. The lowest BCUT2D eigenvalue weighted by atomic mass is 10.0. The molecule has 0 saturated heterocycles. The third-order valence-corrected chi connectivity index (χ3v) is 6.51. The molecule has 2 atom stereocenters. The molecule has 170 valence electrons. The van der Waals surface area contributed by atoms with E-state index in [9.17, 15) is 4.79 Å². The third-order valence-electron chi connectivity index (χ3n) is 6.51. The number of alkyl carbamates (subject to hydrolysis) is 1. The van der Waals surface area contributed by atoms with Crippen LogP contribution in [0, 0.1) is 0 Å². The van der Waals surface area contributed by atoms with Crippen LogP contribution < -0.4 is 10.6 Å². The number of carbonyl (C=O) groups excluding carboxylic acids is 1. The molecule has 0 aliphatic heterocycles. The second kappa shape index (κ2) is 8.09. The maximum Gasteiger partial charge on any atom is 0.407 e. The number of aryl methyl sites for hydroxylation is 1. The zero-order valence-electron chi connectivity index (χ0n) is 18.6. The summed E-state index contributed by atoms with van der Waals surface area (Å²) in [5, 5.41) is 13.8. The van der Waals surface area contributed by atoms with E-state index in [0.717, 1.165) is 54.7 Å². The monoisotopic (exact) mass is 439 g/mol. The number of nitrogens with zero attached hydrogens (tertiary/aromatic N) is 4. The first kappa shape index (κ1) is 20.7. The van der Waals surface area contributed by atoms with Gasteiger partial charge in [0.25, 0.3) is 0 Å². The highest BCUT2D eigenvalue weighted by atomic mass is 16.6. The van der Waals surface area contributed by atoms with Crippen LogP contribution in [0.1, 0.15) is 56.5 Å². The van der Waals surface area contributed by atoms with Crippen LogP contribution in [-0.4, -0.2) is 49.6 Å². The minimum absolute atomic E-state index is 0.0616. The molecule has 2 aliphatic rings. The summed E-state index contributed by atoms with van der Waals surface area (Å²) < 4.78 is 12.9. The van der Waals surface area contributed by atoms with Gasteiger partial charge in [-0.3, -0.25) is 5.10 Å². The molecule has 3 N–H and O–H groups in total. The molecular formula is C22H29N7O3. The number of hydrogen-bond acceptors (Lipinski definition) is 7. The van der Waals surface area contributed by atoms with Crippen molar-refractivity contribution in [2.45, 2.75) is 63.2 Å². The Hall–Kier alpha value is -3.14. The molecule has 2 aliphatic carbocycles. The minimum atomic E-state index is -0.301. The van der Waals surface area contributed by atoms with Crippen molar-refractivity contribution in [1.82, 2.24) is 30.0 Å². The molecule has 3 aromatic heterocycles. The molecule has 1 amide bonds. The Bertz CT molecular complexity index is 1130. The largest absolute Gasteiger partial charge is 0.446 e. The normalized spacial score (nSPS) is 21.6. The number of rotatable bonds is 7. The topological polar surface area (TPSA) is 119 Å². The number of amides is 1. The van der Waals surface area contributed by atoms with Gasteiger partial charge in [0.05, 0.1) is 5.52 Å². The highest BCUT2D eigenvalue weighted by Gasteiger charge is 2.40. The van der Waals surface area contributed by atoms with Crippen molar-refractivity contribution in [2.75, 3.05) is 12.4 Å². The highest BCUT2D eigenvalue weighted by molar-refractivity contribution is 5.88. The van der Waals surface area contributed by atoms with Gasteiger partial charge in [-0.1, -0.05) is 0 Å². The SMILES string of the molecule is COCc1nc2c(Nc3cc(C4CCC(OC(=O)NC5(C)CC5)C4)[nH]n3)nccc2n1C. The quantitative estimate of drug-likeness (QED) is 0.515. The number of nitrogens with one attached hydrogen (secondary N) is 3. The summed E-state index contributed by atoms with van der Waals surface area (Å²) in [5.41, 5.74) is 2.71. The van der Waals surface area contributed by atoms with Crippen LogP contribution in [-0.2, 0) is 23.1 Å². The summed E-state index contributed by atoms with van der Waals surface area (Å²) in [6.45, 7) is 2.48. The summed E-state index contributed by atoms with van der Waals surface area (Å²) in [7, 11) is 3.62. The molecule has 5 rings (SSSR count). The predicted octanol–water partition coefficient (Wildman–Crippen LogP) is 3.50. The van der Waals surface area contributed by atoms with Gasteiger partial charge >= 0.3 is 6.09 Å². The number of carbonyl (C=O) groups is 1. The molecule has 10 heteroatoms. The molecular weight excluding hydrogens is 410 g/mol. The van der Waals surface area contributed by atoms with E-state index in [-0.39, 0.29) is 23.7 Å². The van der Waals surface area contributed by atoms with Gasteiger partial charge in [0.1, 0.15) is 24.1 Å². The summed E-state index contributed by atoms with van der Waals surface area (Å²) in [4.78, 5) is 21.2. The Balaban J connectivity index is 1.24. The molecule has 0 spiro atoms. The Morgan fingerprint density at radius 3 is 3.00 bits per heavy atom. The Labute approximate surface area is 186 Å². The van der Waals surface area contributed by atoms with Crippen LogP contribution >= 0.6 is 0 Å². The van der Waals surface area contributed by atoms with E-state index in [2.05, 4.69) is 30.8 Å². The number of aromatic amines is 1. The van der Waals surface area contributed by atoms with Crippen molar-refractivity contribution in [3.05, 3.63) is 29.8 Å². The van der Waals surface area contributed by atoms with Gasteiger partial charge in [-0.05, 0) is 45.1 Å². The fourth-order valence-corrected chi connectivity index (χ4v) is 4.32. The summed E-state index contributed by atoms with van der Waals surface area (Å²) in [5.74, 6) is 2.44. The van der Waals surface area contributed by atoms with Gasteiger partial charge in [0.15, 0.2) is 11.6 Å². The molecule has 3 aromatic rings. The Kier molecular flexibility index (Phi) is 5.24. The third kappa shape index (κ3) is 4.14. The molecule has 0 bridgehead atoms. The number of hydrogen-bond donors (Lipinski definition) is 3. The first-order valence-corrected chi connectivity index (χ1v) is 11.0. The lowest BCUT2D eigenvalue weighted by Gasteiger charge is -2.16. The van der Waals surface area contributed by atoms with E-state index in [1.54, 1.807) is 13.3 Å². The van der Waals surface area contributed by atoms with Crippen molar-refractivity contribution in [2.24, 2.45) is 7.05 Å². The zero-order chi connectivity index (χ0) is 22.3. The first-order chi connectivity index (χ1) is 15.4. The fourth-order valence-electron chi connectivity index (χ4n) is 4.32. The van der Waals surface area contributed by atoms with E-state index >= 15 is 0 Å². The van der Waals surface area contributed by atoms with Gasteiger partial charge in [0.2, 0.25) is 0 Å². The maximum atomic E-state index is 12.1. The lowest BCUT2D eigenvalue weighted by Crippen LogP contribution is -2.36. The Morgan fingerprint density at radius 2 is 2.22 bits per heavy atom. The molecule has 2 fully saturated rings. The second-order valence-electron chi connectivity index (χ2n) is 9.10. The van der Waals surface area contributed by atoms with Crippen LogP contribution in [0.5, 0.6) is 0 Å². The van der Waals surface area contributed by atoms with E-state index in [4.69, 9.17) is 9.47 Å². The molecule has 0 radical (unpaired) electrons. The molecule has 10 nitrogen and oxygen atoms in total. The molecule has 2 unspecified atom stereocenters. The minimum Gasteiger partial charge on any atom is -0.446 e. The van der Waals surface area contributed by atoms with Crippen molar-refractivity contribution in [3.63, 3.8) is 0 Å². The number of aromatic nitrogens is 5. The average Bonchev–Trinajstić information content (AvgIpc) is 3.14. The van der Waals surface area contributed by atoms with Crippen LogP contribution in [0.15, 0.2) is 18.3 Å². The van der Waals surface area contributed by atoms with Crippen molar-refractivity contribution < 1.29 is 14.3 Å². The Morgan fingerprint density at radius 1 is 1.38 bits per heavy atom. The molecule has 3 heterocycles. The van der Waals surface area contributed by atoms with Gasteiger partial charge in [0, 0.05) is 43.6 Å². The maximum absolute atomic E-state index is 12.1. The molecule has 2 saturated carbocycles.